The summed E-state index contributed by atoms with van der Waals surface area (Å²) in [6.07, 6.45) is 1.65. The summed E-state index contributed by atoms with van der Waals surface area (Å²) in [6.45, 7) is -0.00611. The van der Waals surface area contributed by atoms with E-state index in [4.69, 9.17) is 9.84 Å². The molecule has 1 aromatic rings. The largest absolute Gasteiger partial charge is 0.480 e. The predicted molar refractivity (Wildman–Crippen MR) is 41.5 cm³/mol. The number of fused-ring (bicyclic) bond motifs is 1. The Hall–Kier alpha value is -0.740. The van der Waals surface area contributed by atoms with Crippen molar-refractivity contribution in [1.82, 2.24) is 4.98 Å². The van der Waals surface area contributed by atoms with Gasteiger partial charge in [-0.3, -0.25) is 4.98 Å². The second-order valence-corrected chi connectivity index (χ2v) is 3.15. The fraction of sp³-hybridized carbons (Fsp3) is 0.286. The average Bonchev–Trinajstić information content (AvgIpc) is 2.50. The molecule has 3 nitrogen and oxygen atoms in total. The maximum absolute atomic E-state index is 8.76. The van der Waals surface area contributed by atoms with Gasteiger partial charge in [0.15, 0.2) is 5.75 Å². The summed E-state index contributed by atoms with van der Waals surface area (Å²) in [5.41, 5.74) is 0.696. The van der Waals surface area contributed by atoms with Crippen LogP contribution in [0.3, 0.4) is 0 Å². The third-order valence-corrected chi connectivity index (χ3v) is 2.34. The molecule has 11 heavy (non-hydrogen) atoms. The van der Waals surface area contributed by atoms with E-state index in [0.29, 0.717) is 11.6 Å². The van der Waals surface area contributed by atoms with Crippen molar-refractivity contribution in [3.05, 3.63) is 18.0 Å². The molecule has 2 rings (SSSR count). The first-order chi connectivity index (χ1) is 5.40. The van der Waals surface area contributed by atoms with Crippen LogP contribution in [0.25, 0.3) is 0 Å². The van der Waals surface area contributed by atoms with Gasteiger partial charge in [-0.2, -0.15) is 0 Å². The minimum absolute atomic E-state index is 0.00611. The second kappa shape index (κ2) is 2.71. The normalized spacial score (nSPS) is 14.3. The zero-order valence-electron chi connectivity index (χ0n) is 5.78. The monoisotopic (exact) mass is 169 g/mol. The molecular weight excluding hydrogens is 162 g/mol. The van der Waals surface area contributed by atoms with E-state index >= 15 is 0 Å². The van der Waals surface area contributed by atoms with E-state index in [1.165, 1.54) is 0 Å². The van der Waals surface area contributed by atoms with Crippen LogP contribution in [-0.4, -0.2) is 16.0 Å². The number of nitrogens with zero attached hydrogens (tertiary/aromatic N) is 1. The van der Waals surface area contributed by atoms with E-state index in [0.717, 1.165) is 10.6 Å². The number of rotatable bonds is 1. The molecule has 0 unspecified atom stereocenters. The molecule has 0 bridgehead atoms. The summed E-state index contributed by atoms with van der Waals surface area (Å²) in [6, 6.07) is 1.85. The van der Waals surface area contributed by atoms with Crippen molar-refractivity contribution < 1.29 is 9.84 Å². The third kappa shape index (κ3) is 1.19. The maximum atomic E-state index is 8.76. The minimum atomic E-state index is -0.00611. The van der Waals surface area contributed by atoms with Crippen molar-refractivity contribution in [1.29, 1.82) is 0 Å². The van der Waals surface area contributed by atoms with Gasteiger partial charge in [-0.15, -0.1) is 0 Å². The van der Waals surface area contributed by atoms with Crippen molar-refractivity contribution in [3.63, 3.8) is 0 Å². The van der Waals surface area contributed by atoms with E-state index in [1.807, 2.05) is 6.07 Å². The Balaban J connectivity index is 2.41. The van der Waals surface area contributed by atoms with Crippen molar-refractivity contribution in [2.75, 3.05) is 5.94 Å². The Morgan fingerprint density at radius 3 is 3.45 bits per heavy atom. The first-order valence-corrected chi connectivity index (χ1v) is 4.24. The number of aliphatic hydroxyl groups is 1. The standard InChI is InChI=1S/C7H7NO2S/c9-3-5-1-7-6(2-8-5)10-4-11-7/h1-2,9H,3-4H2. The number of thioether (sulfide) groups is 1. The smallest absolute Gasteiger partial charge is 0.152 e. The molecule has 0 spiro atoms. The Morgan fingerprint density at radius 2 is 2.64 bits per heavy atom. The van der Waals surface area contributed by atoms with Crippen LogP contribution in [0, 0.1) is 0 Å². The number of pyridine rings is 1. The van der Waals surface area contributed by atoms with Gasteiger partial charge in [0, 0.05) is 0 Å². The lowest BCUT2D eigenvalue weighted by atomic mass is 10.3. The highest BCUT2D eigenvalue weighted by Crippen LogP contribution is 2.35. The van der Waals surface area contributed by atoms with Gasteiger partial charge >= 0.3 is 0 Å². The van der Waals surface area contributed by atoms with Crippen LogP contribution in [0.15, 0.2) is 17.2 Å². The summed E-state index contributed by atoms with van der Waals surface area (Å²) in [5, 5.41) is 8.76. The topological polar surface area (TPSA) is 42.4 Å². The molecule has 1 aliphatic rings. The molecule has 0 atom stereocenters. The van der Waals surface area contributed by atoms with Crippen LogP contribution >= 0.6 is 11.8 Å². The van der Waals surface area contributed by atoms with E-state index in [9.17, 15) is 0 Å². The molecule has 1 aromatic heterocycles. The molecule has 0 aromatic carbocycles. The van der Waals surface area contributed by atoms with Crippen LogP contribution in [0.5, 0.6) is 5.75 Å². The van der Waals surface area contributed by atoms with Gasteiger partial charge in [0.2, 0.25) is 0 Å². The summed E-state index contributed by atoms with van der Waals surface area (Å²) < 4.78 is 5.22. The molecule has 2 heterocycles. The van der Waals surface area contributed by atoms with Gasteiger partial charge in [0.1, 0.15) is 5.94 Å². The number of aromatic nitrogens is 1. The van der Waals surface area contributed by atoms with Crippen molar-refractivity contribution in [3.8, 4) is 5.75 Å². The Kier molecular flexibility index (Phi) is 1.71. The molecule has 0 amide bonds. The van der Waals surface area contributed by atoms with Crippen LogP contribution in [0.1, 0.15) is 5.69 Å². The molecule has 0 aliphatic carbocycles. The Morgan fingerprint density at radius 1 is 1.73 bits per heavy atom. The predicted octanol–water partition coefficient (Wildman–Crippen LogP) is 1.02. The van der Waals surface area contributed by atoms with Crippen molar-refractivity contribution >= 4 is 11.8 Å². The molecular formula is C7H7NO2S. The molecule has 0 radical (unpaired) electrons. The van der Waals surface area contributed by atoms with E-state index < -0.39 is 0 Å². The fourth-order valence-corrected chi connectivity index (χ4v) is 1.72. The highest BCUT2D eigenvalue weighted by Gasteiger charge is 2.12. The van der Waals surface area contributed by atoms with Gasteiger partial charge in [0.05, 0.1) is 23.4 Å². The van der Waals surface area contributed by atoms with Crippen molar-refractivity contribution in [2.45, 2.75) is 11.5 Å². The van der Waals surface area contributed by atoms with Crippen LogP contribution < -0.4 is 4.74 Å². The number of ether oxygens (including phenoxy) is 1. The van der Waals surface area contributed by atoms with E-state index in [-0.39, 0.29) is 6.61 Å². The van der Waals surface area contributed by atoms with Gasteiger partial charge in [-0.05, 0) is 6.07 Å². The number of hydrogen-bond acceptors (Lipinski definition) is 4. The van der Waals surface area contributed by atoms with Crippen LogP contribution in [-0.2, 0) is 6.61 Å². The molecule has 0 saturated heterocycles. The fourth-order valence-electron chi connectivity index (χ4n) is 0.929. The lowest BCUT2D eigenvalue weighted by Crippen LogP contribution is -1.89. The lowest BCUT2D eigenvalue weighted by molar-refractivity contribution is 0.276. The summed E-state index contributed by atoms with van der Waals surface area (Å²) >= 11 is 1.62. The van der Waals surface area contributed by atoms with Crippen LogP contribution in [0.4, 0.5) is 0 Å². The zero-order valence-corrected chi connectivity index (χ0v) is 6.60. The van der Waals surface area contributed by atoms with E-state index in [1.54, 1.807) is 18.0 Å². The highest BCUT2D eigenvalue weighted by molar-refractivity contribution is 7.99. The highest BCUT2D eigenvalue weighted by atomic mass is 32.2. The lowest BCUT2D eigenvalue weighted by Gasteiger charge is -1.97. The van der Waals surface area contributed by atoms with Gasteiger partial charge in [-0.25, -0.2) is 0 Å². The minimum Gasteiger partial charge on any atom is -0.480 e. The molecule has 0 saturated carbocycles. The molecule has 1 N–H and O–H groups in total. The summed E-state index contributed by atoms with van der Waals surface area (Å²) in [4.78, 5) is 5.05. The Bertz CT molecular complexity index is 277. The molecule has 1 aliphatic heterocycles. The van der Waals surface area contributed by atoms with Crippen LogP contribution in [0.2, 0.25) is 0 Å². The Labute approximate surface area is 68.4 Å². The molecule has 58 valence electrons. The summed E-state index contributed by atoms with van der Waals surface area (Å²) in [7, 11) is 0. The zero-order chi connectivity index (χ0) is 7.68. The van der Waals surface area contributed by atoms with Gasteiger partial charge in [-0.1, -0.05) is 11.8 Å². The molecule has 4 heteroatoms. The quantitative estimate of drug-likeness (QED) is 0.681. The summed E-state index contributed by atoms with van der Waals surface area (Å²) in [5.74, 6) is 1.48. The third-order valence-electron chi connectivity index (χ3n) is 1.48. The van der Waals surface area contributed by atoms with E-state index in [2.05, 4.69) is 4.98 Å². The number of hydrogen-bond donors (Lipinski definition) is 1. The second-order valence-electron chi connectivity index (χ2n) is 2.19. The SMILES string of the molecule is OCc1cc2c(cn1)OCS2. The maximum Gasteiger partial charge on any atom is 0.152 e. The first kappa shape index (κ1) is 6.94. The van der Waals surface area contributed by atoms with Gasteiger partial charge < -0.3 is 9.84 Å². The molecule has 0 fully saturated rings. The first-order valence-electron chi connectivity index (χ1n) is 3.25. The van der Waals surface area contributed by atoms with Crippen molar-refractivity contribution in [2.24, 2.45) is 0 Å². The number of aliphatic hydroxyl groups excluding tert-OH is 1. The average molecular weight is 169 g/mol. The van der Waals surface area contributed by atoms with Gasteiger partial charge in [0.25, 0.3) is 0 Å².